The Labute approximate surface area is 184 Å². The molecule has 0 spiro atoms. The molecule has 0 aliphatic heterocycles. The molecule has 0 bridgehead atoms. The smallest absolute Gasteiger partial charge is 0.256 e. The SMILES string of the molecule is CNS(=O)(=O)c1ccc(Br)c(C(=O)Nc2ccc(OC)c(Cc3ccccc3)c2)c1. The number of nitrogens with one attached hydrogen (secondary N) is 2. The number of benzene rings is 3. The number of anilines is 1. The quantitative estimate of drug-likeness (QED) is 0.521. The fourth-order valence-corrected chi connectivity index (χ4v) is 4.15. The monoisotopic (exact) mass is 488 g/mol. The molecule has 0 atom stereocenters. The minimum atomic E-state index is -3.66. The molecular formula is C22H21BrN2O4S. The summed E-state index contributed by atoms with van der Waals surface area (Å²) in [6.45, 7) is 0. The number of carbonyl (C=O) groups excluding carboxylic acids is 1. The van der Waals surface area contributed by atoms with Crippen molar-refractivity contribution in [2.75, 3.05) is 19.5 Å². The van der Waals surface area contributed by atoms with Crippen LogP contribution in [-0.2, 0) is 16.4 Å². The molecule has 30 heavy (non-hydrogen) atoms. The molecule has 0 radical (unpaired) electrons. The van der Waals surface area contributed by atoms with E-state index in [1.165, 1.54) is 25.2 Å². The van der Waals surface area contributed by atoms with Gasteiger partial charge in [-0.2, -0.15) is 0 Å². The van der Waals surface area contributed by atoms with Crippen LogP contribution in [0.15, 0.2) is 76.1 Å². The highest BCUT2D eigenvalue weighted by Crippen LogP contribution is 2.27. The Kier molecular flexibility index (Phi) is 6.91. The van der Waals surface area contributed by atoms with Crippen molar-refractivity contribution in [2.45, 2.75) is 11.3 Å². The van der Waals surface area contributed by atoms with Crippen LogP contribution in [0.3, 0.4) is 0 Å². The van der Waals surface area contributed by atoms with Crippen LogP contribution < -0.4 is 14.8 Å². The van der Waals surface area contributed by atoms with E-state index >= 15 is 0 Å². The number of carbonyl (C=O) groups is 1. The highest BCUT2D eigenvalue weighted by atomic mass is 79.9. The van der Waals surface area contributed by atoms with Gasteiger partial charge in [-0.15, -0.1) is 0 Å². The van der Waals surface area contributed by atoms with Gasteiger partial charge in [-0.05, 0) is 64.9 Å². The predicted molar refractivity (Wildman–Crippen MR) is 121 cm³/mol. The van der Waals surface area contributed by atoms with Gasteiger partial charge >= 0.3 is 0 Å². The number of ether oxygens (including phenoxy) is 1. The lowest BCUT2D eigenvalue weighted by Crippen LogP contribution is -2.20. The summed E-state index contributed by atoms with van der Waals surface area (Å²) in [4.78, 5) is 12.9. The van der Waals surface area contributed by atoms with Gasteiger partial charge in [0.15, 0.2) is 0 Å². The second-order valence-corrected chi connectivity index (χ2v) is 9.23. The van der Waals surface area contributed by atoms with Crippen LogP contribution in [0.4, 0.5) is 5.69 Å². The van der Waals surface area contributed by atoms with E-state index in [-0.39, 0.29) is 10.5 Å². The van der Waals surface area contributed by atoms with Gasteiger partial charge in [-0.1, -0.05) is 30.3 Å². The molecule has 8 heteroatoms. The van der Waals surface area contributed by atoms with E-state index in [0.29, 0.717) is 16.6 Å². The number of sulfonamides is 1. The largest absolute Gasteiger partial charge is 0.496 e. The van der Waals surface area contributed by atoms with Gasteiger partial charge in [0.05, 0.1) is 17.6 Å². The van der Waals surface area contributed by atoms with Gasteiger partial charge in [0.2, 0.25) is 10.0 Å². The predicted octanol–water partition coefficient (Wildman–Crippen LogP) is 4.21. The van der Waals surface area contributed by atoms with E-state index in [2.05, 4.69) is 26.0 Å². The molecular weight excluding hydrogens is 468 g/mol. The van der Waals surface area contributed by atoms with Crippen molar-refractivity contribution in [3.05, 3.63) is 87.9 Å². The second-order valence-electron chi connectivity index (χ2n) is 6.49. The Bertz CT molecular complexity index is 1170. The zero-order chi connectivity index (χ0) is 21.7. The maximum atomic E-state index is 12.8. The number of hydrogen-bond donors (Lipinski definition) is 2. The van der Waals surface area contributed by atoms with Crippen LogP contribution in [0.2, 0.25) is 0 Å². The second kappa shape index (κ2) is 9.42. The van der Waals surface area contributed by atoms with E-state index < -0.39 is 15.9 Å². The molecule has 1 amide bonds. The highest BCUT2D eigenvalue weighted by molar-refractivity contribution is 9.10. The number of halogens is 1. The first-order chi connectivity index (χ1) is 14.3. The van der Waals surface area contributed by atoms with Crippen molar-refractivity contribution in [1.29, 1.82) is 0 Å². The molecule has 0 aliphatic rings. The third-order valence-electron chi connectivity index (χ3n) is 4.54. The van der Waals surface area contributed by atoms with Crippen molar-refractivity contribution >= 4 is 37.5 Å². The average molecular weight is 489 g/mol. The molecule has 0 aliphatic carbocycles. The highest BCUT2D eigenvalue weighted by Gasteiger charge is 2.18. The Morgan fingerprint density at radius 2 is 1.77 bits per heavy atom. The molecule has 3 aromatic rings. The molecule has 3 rings (SSSR count). The van der Waals surface area contributed by atoms with Crippen LogP contribution in [0.1, 0.15) is 21.5 Å². The topological polar surface area (TPSA) is 84.5 Å². The Hall–Kier alpha value is -2.68. The third kappa shape index (κ3) is 5.08. The lowest BCUT2D eigenvalue weighted by molar-refractivity contribution is 0.102. The summed E-state index contributed by atoms with van der Waals surface area (Å²) in [5.41, 5.74) is 2.84. The van der Waals surface area contributed by atoms with Gasteiger partial charge in [0.25, 0.3) is 5.91 Å². The molecule has 0 saturated heterocycles. The van der Waals surface area contributed by atoms with Crippen LogP contribution in [0, 0.1) is 0 Å². The molecule has 2 N–H and O–H groups in total. The van der Waals surface area contributed by atoms with Crippen molar-refractivity contribution in [3.63, 3.8) is 0 Å². The third-order valence-corrected chi connectivity index (χ3v) is 6.64. The first-order valence-corrected chi connectivity index (χ1v) is 11.4. The first kappa shape index (κ1) is 22.0. The van der Waals surface area contributed by atoms with Crippen LogP contribution >= 0.6 is 15.9 Å². The van der Waals surface area contributed by atoms with Gasteiger partial charge in [0.1, 0.15) is 5.75 Å². The van der Waals surface area contributed by atoms with E-state index in [4.69, 9.17) is 4.74 Å². The summed E-state index contributed by atoms with van der Waals surface area (Å²) >= 11 is 3.32. The maximum Gasteiger partial charge on any atom is 0.256 e. The number of hydrogen-bond acceptors (Lipinski definition) is 4. The van der Waals surface area contributed by atoms with Gasteiger partial charge in [-0.25, -0.2) is 13.1 Å². The molecule has 0 unspecified atom stereocenters. The normalized spacial score (nSPS) is 11.2. The van der Waals surface area contributed by atoms with Crippen molar-refractivity contribution in [3.8, 4) is 5.75 Å². The number of rotatable bonds is 7. The first-order valence-electron chi connectivity index (χ1n) is 9.09. The van der Waals surface area contributed by atoms with Gasteiger partial charge < -0.3 is 10.1 Å². The van der Waals surface area contributed by atoms with E-state index in [1.54, 1.807) is 19.2 Å². The Balaban J connectivity index is 1.88. The fourth-order valence-electron chi connectivity index (χ4n) is 2.97. The Morgan fingerprint density at radius 3 is 2.43 bits per heavy atom. The minimum absolute atomic E-state index is 0.0119. The Morgan fingerprint density at radius 1 is 1.03 bits per heavy atom. The van der Waals surface area contributed by atoms with Gasteiger partial charge in [-0.3, -0.25) is 4.79 Å². The minimum Gasteiger partial charge on any atom is -0.496 e. The molecule has 156 valence electrons. The average Bonchev–Trinajstić information content (AvgIpc) is 2.75. The van der Waals surface area contributed by atoms with E-state index in [9.17, 15) is 13.2 Å². The summed E-state index contributed by atoms with van der Waals surface area (Å²) in [7, 11) is -0.735. The standard InChI is InChI=1S/C22H21BrN2O4S/c1-24-30(27,28)18-9-10-20(23)19(14-18)22(26)25-17-8-11-21(29-2)16(13-17)12-15-6-4-3-5-7-15/h3-11,13-14,24H,12H2,1-2H3,(H,25,26). The number of amides is 1. The van der Waals surface area contributed by atoms with Crippen molar-refractivity contribution < 1.29 is 17.9 Å². The van der Waals surface area contributed by atoms with Crippen LogP contribution in [-0.4, -0.2) is 28.5 Å². The molecule has 0 fully saturated rings. The summed E-state index contributed by atoms with van der Waals surface area (Å²) < 4.78 is 32.3. The summed E-state index contributed by atoms with van der Waals surface area (Å²) in [6.07, 6.45) is 0.646. The molecule has 0 heterocycles. The zero-order valence-corrected chi connectivity index (χ0v) is 18.9. The zero-order valence-electron chi connectivity index (χ0n) is 16.5. The molecule has 0 saturated carbocycles. The molecule has 6 nitrogen and oxygen atoms in total. The summed E-state index contributed by atoms with van der Waals surface area (Å²) in [5.74, 6) is 0.297. The van der Waals surface area contributed by atoms with Gasteiger partial charge in [0, 0.05) is 22.1 Å². The molecule has 0 aromatic heterocycles. The summed E-state index contributed by atoms with van der Waals surface area (Å²) in [6, 6.07) is 19.6. The lowest BCUT2D eigenvalue weighted by atomic mass is 10.0. The number of methoxy groups -OCH3 is 1. The maximum absolute atomic E-state index is 12.8. The van der Waals surface area contributed by atoms with E-state index in [1.807, 2.05) is 36.4 Å². The lowest BCUT2D eigenvalue weighted by Gasteiger charge is -2.13. The summed E-state index contributed by atoms with van der Waals surface area (Å²) in [5, 5.41) is 2.83. The van der Waals surface area contributed by atoms with Crippen molar-refractivity contribution in [2.24, 2.45) is 0 Å². The van der Waals surface area contributed by atoms with Crippen LogP contribution in [0.5, 0.6) is 5.75 Å². The van der Waals surface area contributed by atoms with E-state index in [0.717, 1.165) is 16.9 Å². The van der Waals surface area contributed by atoms with Crippen LogP contribution in [0.25, 0.3) is 0 Å². The molecule has 3 aromatic carbocycles. The fraction of sp³-hybridized carbons (Fsp3) is 0.136. The van der Waals surface area contributed by atoms with Crippen molar-refractivity contribution in [1.82, 2.24) is 4.72 Å².